The lowest BCUT2D eigenvalue weighted by atomic mass is 10.2. The Labute approximate surface area is 115 Å². The van der Waals surface area contributed by atoms with Crippen LogP contribution in [0.15, 0.2) is 10.9 Å². The Morgan fingerprint density at radius 2 is 1.95 bits per heavy atom. The molecule has 1 aromatic heterocycles. The second-order valence-corrected chi connectivity index (χ2v) is 4.92. The van der Waals surface area contributed by atoms with Crippen molar-refractivity contribution in [2.75, 3.05) is 13.1 Å². The van der Waals surface area contributed by atoms with Crippen LogP contribution in [0.2, 0.25) is 0 Å². The van der Waals surface area contributed by atoms with E-state index in [1.807, 2.05) is 4.90 Å². The van der Waals surface area contributed by atoms with Crippen molar-refractivity contribution in [1.82, 2.24) is 9.47 Å². The van der Waals surface area contributed by atoms with Gasteiger partial charge in [-0.15, -0.1) is 0 Å². The third kappa shape index (κ3) is 3.00. The second-order valence-electron chi connectivity index (χ2n) is 4.92. The minimum atomic E-state index is -1.09. The van der Waals surface area contributed by atoms with Gasteiger partial charge in [-0.2, -0.15) is 0 Å². The summed E-state index contributed by atoms with van der Waals surface area (Å²) >= 11 is 0. The fourth-order valence-corrected chi connectivity index (χ4v) is 2.52. The lowest BCUT2D eigenvalue weighted by Crippen LogP contribution is -2.27. The Balaban J connectivity index is 2.45. The number of aliphatic carboxylic acids is 1. The zero-order valence-corrected chi connectivity index (χ0v) is 11.1. The standard InChI is InChI=1S/C13H18N2O5/c16-8-9-5-11(17)13(20)10(15(9)7-12(18)19)6-14-3-1-2-4-14/h5,16,20H,1-4,6-8H2,(H,18,19). The number of aliphatic hydroxyl groups is 1. The quantitative estimate of drug-likeness (QED) is 0.687. The van der Waals surface area contributed by atoms with Crippen molar-refractivity contribution in [2.24, 2.45) is 0 Å². The van der Waals surface area contributed by atoms with E-state index in [9.17, 15) is 19.8 Å². The average molecular weight is 282 g/mol. The minimum Gasteiger partial charge on any atom is -0.503 e. The van der Waals surface area contributed by atoms with Crippen molar-refractivity contribution in [2.45, 2.75) is 32.5 Å². The highest BCUT2D eigenvalue weighted by Crippen LogP contribution is 2.20. The number of pyridine rings is 1. The average Bonchev–Trinajstić information content (AvgIpc) is 2.90. The molecule has 0 spiro atoms. The van der Waals surface area contributed by atoms with Crippen molar-refractivity contribution in [3.63, 3.8) is 0 Å². The molecule has 7 heteroatoms. The number of rotatable bonds is 5. The number of aliphatic hydroxyl groups excluding tert-OH is 1. The second kappa shape index (κ2) is 6.06. The van der Waals surface area contributed by atoms with Crippen LogP contribution in [0, 0.1) is 0 Å². The Morgan fingerprint density at radius 3 is 2.50 bits per heavy atom. The molecule has 1 aliphatic rings. The van der Waals surface area contributed by atoms with Crippen LogP contribution in [0.1, 0.15) is 24.2 Å². The summed E-state index contributed by atoms with van der Waals surface area (Å²) in [6, 6.07) is 1.08. The van der Waals surface area contributed by atoms with Crippen LogP contribution in [-0.2, 0) is 24.5 Å². The zero-order chi connectivity index (χ0) is 14.7. The maximum atomic E-state index is 11.7. The molecule has 1 saturated heterocycles. The van der Waals surface area contributed by atoms with Crippen LogP contribution in [0.4, 0.5) is 0 Å². The molecule has 0 saturated carbocycles. The summed E-state index contributed by atoms with van der Waals surface area (Å²) < 4.78 is 1.30. The van der Waals surface area contributed by atoms with Gasteiger partial charge < -0.3 is 19.9 Å². The summed E-state index contributed by atoms with van der Waals surface area (Å²) in [4.78, 5) is 24.7. The molecule has 1 fully saturated rings. The number of hydrogen-bond acceptors (Lipinski definition) is 5. The van der Waals surface area contributed by atoms with E-state index < -0.39 is 30.3 Å². The van der Waals surface area contributed by atoms with Gasteiger partial charge in [0.2, 0.25) is 5.43 Å². The summed E-state index contributed by atoms with van der Waals surface area (Å²) in [6.45, 7) is 1.17. The molecule has 0 amide bonds. The van der Waals surface area contributed by atoms with Gasteiger partial charge in [0.15, 0.2) is 5.75 Å². The van der Waals surface area contributed by atoms with Crippen molar-refractivity contribution in [1.29, 1.82) is 0 Å². The maximum absolute atomic E-state index is 11.7. The topological polar surface area (TPSA) is 103 Å². The fraction of sp³-hybridized carbons (Fsp3) is 0.538. The van der Waals surface area contributed by atoms with Gasteiger partial charge in [-0.25, -0.2) is 0 Å². The van der Waals surface area contributed by atoms with Gasteiger partial charge in [0.1, 0.15) is 6.54 Å². The maximum Gasteiger partial charge on any atom is 0.323 e. The number of hydrogen-bond donors (Lipinski definition) is 3. The molecule has 0 aliphatic carbocycles. The Hall–Kier alpha value is -1.86. The van der Waals surface area contributed by atoms with Crippen molar-refractivity contribution in [3.8, 4) is 5.75 Å². The molecule has 7 nitrogen and oxygen atoms in total. The summed E-state index contributed by atoms with van der Waals surface area (Å²) in [6.07, 6.45) is 2.09. The molecule has 0 unspecified atom stereocenters. The summed E-state index contributed by atoms with van der Waals surface area (Å²) in [5.74, 6) is -1.53. The third-order valence-corrected chi connectivity index (χ3v) is 3.50. The Morgan fingerprint density at radius 1 is 1.30 bits per heavy atom. The molecule has 0 radical (unpaired) electrons. The van der Waals surface area contributed by atoms with Crippen LogP contribution in [0.3, 0.4) is 0 Å². The number of nitrogens with zero attached hydrogens (tertiary/aromatic N) is 2. The van der Waals surface area contributed by atoms with E-state index in [-0.39, 0.29) is 11.4 Å². The fourth-order valence-electron chi connectivity index (χ4n) is 2.52. The monoisotopic (exact) mass is 282 g/mol. The molecule has 2 rings (SSSR count). The van der Waals surface area contributed by atoms with Crippen LogP contribution < -0.4 is 5.43 Å². The van der Waals surface area contributed by atoms with Gasteiger partial charge in [-0.1, -0.05) is 0 Å². The smallest absolute Gasteiger partial charge is 0.323 e. The molecule has 1 aromatic rings. The van der Waals surface area contributed by atoms with Gasteiger partial charge in [0, 0.05) is 18.3 Å². The minimum absolute atomic E-state index is 0.199. The molecule has 110 valence electrons. The number of carboxylic acid groups (broad SMARTS) is 1. The molecule has 0 bridgehead atoms. The zero-order valence-electron chi connectivity index (χ0n) is 11.1. The first kappa shape index (κ1) is 14.5. The summed E-state index contributed by atoms with van der Waals surface area (Å²) in [7, 11) is 0. The first-order chi connectivity index (χ1) is 9.52. The lowest BCUT2D eigenvalue weighted by molar-refractivity contribution is -0.137. The lowest BCUT2D eigenvalue weighted by Gasteiger charge is -2.21. The van der Waals surface area contributed by atoms with Crippen LogP contribution in [0.25, 0.3) is 0 Å². The van der Waals surface area contributed by atoms with Gasteiger partial charge in [0.25, 0.3) is 0 Å². The molecule has 2 heterocycles. The van der Waals surface area contributed by atoms with Gasteiger partial charge in [0.05, 0.1) is 12.3 Å². The van der Waals surface area contributed by atoms with E-state index in [0.717, 1.165) is 32.0 Å². The van der Waals surface area contributed by atoms with E-state index in [1.54, 1.807) is 0 Å². The Bertz CT molecular complexity index is 561. The molecular formula is C13H18N2O5. The molecule has 20 heavy (non-hydrogen) atoms. The first-order valence-corrected chi connectivity index (χ1v) is 6.52. The summed E-state index contributed by atoms with van der Waals surface area (Å²) in [5.41, 5.74) is -0.139. The molecule has 3 N–H and O–H groups in total. The van der Waals surface area contributed by atoms with Crippen LogP contribution in [-0.4, -0.2) is 43.8 Å². The van der Waals surface area contributed by atoms with Crippen LogP contribution in [0.5, 0.6) is 5.75 Å². The highest BCUT2D eigenvalue weighted by atomic mass is 16.4. The van der Waals surface area contributed by atoms with E-state index in [1.165, 1.54) is 4.57 Å². The first-order valence-electron chi connectivity index (χ1n) is 6.52. The molecular weight excluding hydrogens is 264 g/mol. The number of likely N-dealkylation sites (tertiary alicyclic amines) is 1. The van der Waals surface area contributed by atoms with E-state index in [4.69, 9.17) is 5.11 Å². The molecule has 0 atom stereocenters. The SMILES string of the molecule is O=C(O)Cn1c(CO)cc(=O)c(O)c1CN1CCCC1. The van der Waals surface area contributed by atoms with Crippen molar-refractivity contribution >= 4 is 5.97 Å². The van der Waals surface area contributed by atoms with Gasteiger partial charge >= 0.3 is 5.97 Å². The summed E-state index contributed by atoms with van der Waals surface area (Å²) in [5, 5.41) is 28.2. The molecule has 1 aliphatic heterocycles. The van der Waals surface area contributed by atoms with Crippen LogP contribution >= 0.6 is 0 Å². The van der Waals surface area contributed by atoms with Crippen molar-refractivity contribution < 1.29 is 20.1 Å². The highest BCUT2D eigenvalue weighted by molar-refractivity contribution is 5.67. The Kier molecular flexibility index (Phi) is 4.41. The van der Waals surface area contributed by atoms with E-state index in [2.05, 4.69) is 0 Å². The largest absolute Gasteiger partial charge is 0.503 e. The normalized spacial score (nSPS) is 15.7. The number of carbonyl (C=O) groups is 1. The van der Waals surface area contributed by atoms with Gasteiger partial charge in [-0.05, 0) is 25.9 Å². The van der Waals surface area contributed by atoms with E-state index in [0.29, 0.717) is 6.54 Å². The predicted molar refractivity (Wildman–Crippen MR) is 70.4 cm³/mol. The van der Waals surface area contributed by atoms with Crippen molar-refractivity contribution in [3.05, 3.63) is 27.7 Å². The number of aromatic nitrogens is 1. The number of aromatic hydroxyl groups is 1. The number of carboxylic acids is 1. The van der Waals surface area contributed by atoms with E-state index >= 15 is 0 Å². The highest BCUT2D eigenvalue weighted by Gasteiger charge is 2.20. The predicted octanol–water partition coefficient (Wildman–Crippen LogP) is -0.273. The van der Waals surface area contributed by atoms with Gasteiger partial charge in [-0.3, -0.25) is 14.5 Å². The molecule has 0 aromatic carbocycles. The third-order valence-electron chi connectivity index (χ3n) is 3.50.